The van der Waals surface area contributed by atoms with Gasteiger partial charge in [0.15, 0.2) is 0 Å². The van der Waals surface area contributed by atoms with Gasteiger partial charge in [0, 0.05) is 19.5 Å². The summed E-state index contributed by atoms with van der Waals surface area (Å²) in [6.07, 6.45) is 6.48. The third-order valence-corrected chi connectivity index (χ3v) is 6.24. The zero-order chi connectivity index (χ0) is 14.3. The molecule has 1 heterocycles. The van der Waals surface area contributed by atoms with Gasteiger partial charge in [0.05, 0.1) is 15.9 Å². The van der Waals surface area contributed by atoms with E-state index < -0.39 is 0 Å². The Morgan fingerprint density at radius 2 is 2.05 bits per heavy atom. The van der Waals surface area contributed by atoms with E-state index in [2.05, 4.69) is 51.9 Å². The zero-order valence-corrected chi connectivity index (χ0v) is 14.4. The van der Waals surface area contributed by atoms with Crippen LogP contribution in [0.2, 0.25) is 0 Å². The number of hydrogen-bond donors (Lipinski definition) is 1. The van der Waals surface area contributed by atoms with Gasteiger partial charge < -0.3 is 5.32 Å². The molecule has 0 radical (unpaired) electrons. The molecule has 3 unspecified atom stereocenters. The average molecular weight is 340 g/mol. The van der Waals surface area contributed by atoms with Crippen LogP contribution in [0.25, 0.3) is 0 Å². The summed E-state index contributed by atoms with van der Waals surface area (Å²) in [7, 11) is 2.08. The molecule has 0 saturated heterocycles. The van der Waals surface area contributed by atoms with Crippen LogP contribution < -0.4 is 5.32 Å². The molecular formula is C16H26BrN3. The minimum absolute atomic E-state index is 0.631. The van der Waals surface area contributed by atoms with Crippen LogP contribution in [0.1, 0.15) is 44.5 Å². The minimum Gasteiger partial charge on any atom is -0.314 e. The maximum atomic E-state index is 4.64. The molecule has 2 aliphatic carbocycles. The predicted molar refractivity (Wildman–Crippen MR) is 85.8 cm³/mol. The average Bonchev–Trinajstić information content (AvgIpc) is 2.79. The number of fused-ring (bicyclic) bond motifs is 1. The molecule has 0 aromatic carbocycles. The Kier molecular flexibility index (Phi) is 4.23. The molecule has 2 fully saturated rings. The monoisotopic (exact) mass is 339 g/mol. The largest absolute Gasteiger partial charge is 0.314 e. The number of aromatic nitrogens is 2. The van der Waals surface area contributed by atoms with E-state index in [9.17, 15) is 0 Å². The van der Waals surface area contributed by atoms with Crippen LogP contribution in [0.3, 0.4) is 0 Å². The quantitative estimate of drug-likeness (QED) is 0.861. The Hall–Kier alpha value is -0.350. The van der Waals surface area contributed by atoms with E-state index in [-0.39, 0.29) is 0 Å². The molecule has 0 amide bonds. The minimum atomic E-state index is 0.631. The zero-order valence-electron chi connectivity index (χ0n) is 12.8. The fourth-order valence-corrected chi connectivity index (χ4v) is 5.11. The van der Waals surface area contributed by atoms with Gasteiger partial charge in [-0.2, -0.15) is 5.10 Å². The van der Waals surface area contributed by atoms with Crippen molar-refractivity contribution < 1.29 is 0 Å². The maximum Gasteiger partial charge on any atom is 0.0766 e. The number of aryl methyl sites for hydroxylation is 2. The summed E-state index contributed by atoms with van der Waals surface area (Å²) in [6, 6.07) is 0.631. The Labute approximate surface area is 130 Å². The molecule has 0 aliphatic heterocycles. The Bertz CT molecular complexity index is 472. The molecule has 3 atom stereocenters. The van der Waals surface area contributed by atoms with Crippen molar-refractivity contribution in [1.29, 1.82) is 0 Å². The molecule has 1 aromatic heterocycles. The second kappa shape index (κ2) is 5.80. The molecule has 20 heavy (non-hydrogen) atoms. The normalized spacial score (nSPS) is 29.5. The highest BCUT2D eigenvalue weighted by Gasteiger charge is 2.55. The highest BCUT2D eigenvalue weighted by Crippen LogP contribution is 2.59. The van der Waals surface area contributed by atoms with Crippen molar-refractivity contribution in [2.45, 2.75) is 52.0 Å². The Morgan fingerprint density at radius 1 is 1.35 bits per heavy atom. The van der Waals surface area contributed by atoms with E-state index in [1.54, 1.807) is 0 Å². The number of likely N-dealkylation sites (N-methyl/N-ethyl adjacent to an activating group) is 1. The summed E-state index contributed by atoms with van der Waals surface area (Å²) in [5, 5.41) is 8.38. The number of rotatable bonds is 6. The molecule has 2 saturated carbocycles. The lowest BCUT2D eigenvalue weighted by molar-refractivity contribution is 0.403. The van der Waals surface area contributed by atoms with Gasteiger partial charge in [-0.3, -0.25) is 4.68 Å². The lowest BCUT2D eigenvalue weighted by Gasteiger charge is -2.20. The summed E-state index contributed by atoms with van der Waals surface area (Å²) in [6.45, 7) is 5.46. The molecule has 0 spiro atoms. The first kappa shape index (κ1) is 14.6. The number of nitrogens with zero attached hydrogens (tertiary/aromatic N) is 2. The topological polar surface area (TPSA) is 29.9 Å². The SMILES string of the molecule is CCNC(Cc1c(Br)c(CC)nn1C)C1C2CCCC21. The van der Waals surface area contributed by atoms with Crippen LogP contribution in [0.4, 0.5) is 0 Å². The van der Waals surface area contributed by atoms with Crippen LogP contribution in [-0.4, -0.2) is 22.4 Å². The Balaban J connectivity index is 1.75. The van der Waals surface area contributed by atoms with E-state index in [1.165, 1.54) is 35.1 Å². The van der Waals surface area contributed by atoms with Crippen molar-refractivity contribution in [2.75, 3.05) is 6.54 Å². The smallest absolute Gasteiger partial charge is 0.0766 e. The van der Waals surface area contributed by atoms with Crippen molar-refractivity contribution >= 4 is 15.9 Å². The van der Waals surface area contributed by atoms with Crippen molar-refractivity contribution in [3.8, 4) is 0 Å². The summed E-state index contributed by atoms with van der Waals surface area (Å²) < 4.78 is 3.31. The maximum absolute atomic E-state index is 4.64. The van der Waals surface area contributed by atoms with Crippen LogP contribution in [0, 0.1) is 17.8 Å². The molecule has 4 heteroatoms. The lowest BCUT2D eigenvalue weighted by Crippen LogP contribution is -2.35. The first-order valence-corrected chi connectivity index (χ1v) is 8.90. The third kappa shape index (κ3) is 2.45. The van der Waals surface area contributed by atoms with Crippen molar-refractivity contribution in [1.82, 2.24) is 15.1 Å². The van der Waals surface area contributed by atoms with Gasteiger partial charge >= 0.3 is 0 Å². The number of hydrogen-bond acceptors (Lipinski definition) is 2. The molecule has 3 nitrogen and oxygen atoms in total. The van der Waals surface area contributed by atoms with E-state index in [1.807, 2.05) is 0 Å². The van der Waals surface area contributed by atoms with Gasteiger partial charge in [0.1, 0.15) is 0 Å². The van der Waals surface area contributed by atoms with Crippen LogP contribution in [0.15, 0.2) is 4.47 Å². The highest BCUT2D eigenvalue weighted by molar-refractivity contribution is 9.10. The van der Waals surface area contributed by atoms with Gasteiger partial charge in [-0.25, -0.2) is 0 Å². The molecule has 1 N–H and O–H groups in total. The molecule has 3 rings (SSSR count). The van der Waals surface area contributed by atoms with Gasteiger partial charge in [0.2, 0.25) is 0 Å². The second-order valence-corrected chi connectivity index (χ2v) is 7.18. The summed E-state index contributed by atoms with van der Waals surface area (Å²) >= 11 is 3.76. The van der Waals surface area contributed by atoms with E-state index in [0.717, 1.165) is 37.1 Å². The lowest BCUT2D eigenvalue weighted by atomic mass is 9.99. The van der Waals surface area contributed by atoms with Crippen molar-refractivity contribution in [3.05, 3.63) is 15.9 Å². The first-order valence-electron chi connectivity index (χ1n) is 8.11. The molecule has 0 bridgehead atoms. The van der Waals surface area contributed by atoms with E-state index in [0.29, 0.717) is 6.04 Å². The van der Waals surface area contributed by atoms with Crippen LogP contribution >= 0.6 is 15.9 Å². The fourth-order valence-electron chi connectivity index (χ4n) is 4.33. The number of halogens is 1. The molecule has 2 aliphatic rings. The molecular weight excluding hydrogens is 314 g/mol. The first-order chi connectivity index (χ1) is 9.67. The van der Waals surface area contributed by atoms with Crippen LogP contribution in [-0.2, 0) is 19.9 Å². The number of nitrogens with one attached hydrogen (secondary N) is 1. The fraction of sp³-hybridized carbons (Fsp3) is 0.812. The van der Waals surface area contributed by atoms with E-state index in [4.69, 9.17) is 0 Å². The van der Waals surface area contributed by atoms with Gasteiger partial charge in [-0.15, -0.1) is 0 Å². The van der Waals surface area contributed by atoms with Gasteiger partial charge in [-0.1, -0.05) is 20.3 Å². The van der Waals surface area contributed by atoms with Crippen molar-refractivity contribution in [2.24, 2.45) is 24.8 Å². The van der Waals surface area contributed by atoms with E-state index >= 15 is 0 Å². The highest BCUT2D eigenvalue weighted by atomic mass is 79.9. The van der Waals surface area contributed by atoms with Gasteiger partial charge in [0.25, 0.3) is 0 Å². The second-order valence-electron chi connectivity index (χ2n) is 6.39. The van der Waals surface area contributed by atoms with Crippen LogP contribution in [0.5, 0.6) is 0 Å². The third-order valence-electron chi connectivity index (χ3n) is 5.32. The summed E-state index contributed by atoms with van der Waals surface area (Å²) in [5.74, 6) is 2.93. The Morgan fingerprint density at radius 3 is 2.60 bits per heavy atom. The molecule has 112 valence electrons. The standard InChI is InChI=1S/C16H26BrN3/c1-4-12-16(17)14(20(3)19-12)9-13(18-5-2)15-10-7-6-8-11(10)15/h10-11,13,15,18H,4-9H2,1-3H3. The summed E-state index contributed by atoms with van der Waals surface area (Å²) in [4.78, 5) is 0. The van der Waals surface area contributed by atoms with Gasteiger partial charge in [-0.05, 0) is 59.5 Å². The molecule has 1 aromatic rings. The van der Waals surface area contributed by atoms with Crippen molar-refractivity contribution in [3.63, 3.8) is 0 Å². The summed E-state index contributed by atoms with van der Waals surface area (Å²) in [5.41, 5.74) is 2.55. The predicted octanol–water partition coefficient (Wildman–Crippen LogP) is 3.31.